The van der Waals surface area contributed by atoms with Gasteiger partial charge in [0, 0.05) is 50.1 Å². The van der Waals surface area contributed by atoms with Crippen LogP contribution in [-0.4, -0.2) is 32.2 Å². The van der Waals surface area contributed by atoms with Crippen LogP contribution in [0, 0.1) is 12.7 Å². The van der Waals surface area contributed by atoms with Gasteiger partial charge in [-0.05, 0) is 37.3 Å². The minimum absolute atomic E-state index is 0.0558. The molecule has 0 aliphatic rings. The monoisotopic (exact) mass is 368 g/mol. The normalized spacial score (nSPS) is 10.8. The lowest BCUT2D eigenvalue weighted by Crippen LogP contribution is -2.29. The zero-order valence-electron chi connectivity index (χ0n) is 15.3. The molecule has 6 nitrogen and oxygen atoms in total. The molecule has 0 aliphatic carbocycles. The van der Waals surface area contributed by atoms with E-state index in [4.69, 9.17) is 0 Å². The number of benzene rings is 1. The van der Waals surface area contributed by atoms with Crippen LogP contribution in [0.15, 0.2) is 59.7 Å². The van der Waals surface area contributed by atoms with E-state index < -0.39 is 0 Å². The lowest BCUT2D eigenvalue weighted by atomic mass is 10.3. The van der Waals surface area contributed by atoms with Gasteiger partial charge in [-0.1, -0.05) is 6.07 Å². The summed E-state index contributed by atoms with van der Waals surface area (Å²) in [6, 6.07) is 11.1. The van der Waals surface area contributed by atoms with Crippen molar-refractivity contribution in [3.05, 3.63) is 82.3 Å². The molecule has 0 saturated carbocycles. The molecule has 2 aromatic heterocycles. The first kappa shape index (κ1) is 18.6. The Morgan fingerprint density at radius 3 is 2.63 bits per heavy atom. The van der Waals surface area contributed by atoms with Gasteiger partial charge in [-0.3, -0.25) is 9.59 Å². The predicted octanol–water partition coefficient (Wildman–Crippen LogP) is 2.53. The number of rotatable bonds is 6. The van der Waals surface area contributed by atoms with Crippen molar-refractivity contribution in [3.63, 3.8) is 0 Å². The maximum Gasteiger partial charge on any atom is 0.250 e. The molecule has 1 amide bonds. The van der Waals surface area contributed by atoms with E-state index in [0.29, 0.717) is 13.1 Å². The molecule has 0 bridgehead atoms. The summed E-state index contributed by atoms with van der Waals surface area (Å²) in [6.45, 7) is 2.60. The Kier molecular flexibility index (Phi) is 5.49. The zero-order chi connectivity index (χ0) is 19.4. The quantitative estimate of drug-likeness (QED) is 0.672. The van der Waals surface area contributed by atoms with Crippen molar-refractivity contribution in [3.8, 4) is 5.69 Å². The Morgan fingerprint density at radius 1 is 1.19 bits per heavy atom. The molecule has 3 aromatic rings. The molecule has 2 heterocycles. The Morgan fingerprint density at radius 2 is 1.93 bits per heavy atom. The summed E-state index contributed by atoms with van der Waals surface area (Å²) < 4.78 is 16.3. The molecule has 1 aromatic carbocycles. The Hall–Kier alpha value is -3.22. The van der Waals surface area contributed by atoms with Gasteiger partial charge in [0.05, 0.1) is 11.9 Å². The molecule has 140 valence electrons. The van der Waals surface area contributed by atoms with Crippen molar-refractivity contribution < 1.29 is 9.18 Å². The number of pyridine rings is 1. The van der Waals surface area contributed by atoms with Crippen molar-refractivity contribution >= 4 is 5.91 Å². The number of halogens is 1. The summed E-state index contributed by atoms with van der Waals surface area (Å²) in [4.78, 5) is 25.9. The van der Waals surface area contributed by atoms with Crippen LogP contribution < -0.4 is 5.56 Å². The maximum absolute atomic E-state index is 13.0. The van der Waals surface area contributed by atoms with Gasteiger partial charge in [0.25, 0.3) is 5.56 Å². The maximum atomic E-state index is 13.0. The number of hydrogen-bond donors (Lipinski definition) is 0. The molecule has 0 aliphatic heterocycles. The topological polar surface area (TPSA) is 60.1 Å². The molecule has 0 spiro atoms. The third-order valence-electron chi connectivity index (χ3n) is 4.39. The van der Waals surface area contributed by atoms with Crippen molar-refractivity contribution in [1.29, 1.82) is 0 Å². The van der Waals surface area contributed by atoms with Crippen LogP contribution in [0.2, 0.25) is 0 Å². The van der Waals surface area contributed by atoms with Crippen LogP contribution in [0.1, 0.15) is 17.7 Å². The highest BCUT2D eigenvalue weighted by molar-refractivity contribution is 5.75. The number of nitrogens with zero attached hydrogens (tertiary/aromatic N) is 4. The summed E-state index contributed by atoms with van der Waals surface area (Å²) >= 11 is 0. The van der Waals surface area contributed by atoms with Crippen LogP contribution in [0.5, 0.6) is 0 Å². The number of carbonyl (C=O) groups is 1. The smallest absolute Gasteiger partial charge is 0.250 e. The Balaban J connectivity index is 1.60. The Bertz CT molecular complexity index is 992. The fourth-order valence-corrected chi connectivity index (χ4v) is 2.85. The lowest BCUT2D eigenvalue weighted by Gasteiger charge is -2.17. The summed E-state index contributed by atoms with van der Waals surface area (Å²) in [5.74, 6) is -0.357. The molecular formula is C20H21FN4O2. The molecule has 3 rings (SSSR count). The fraction of sp³-hybridized carbons (Fsp3) is 0.250. The third-order valence-corrected chi connectivity index (χ3v) is 4.39. The van der Waals surface area contributed by atoms with Gasteiger partial charge in [0.2, 0.25) is 5.91 Å². The molecule has 27 heavy (non-hydrogen) atoms. The second-order valence-electron chi connectivity index (χ2n) is 6.43. The minimum Gasteiger partial charge on any atom is -0.341 e. The predicted molar refractivity (Wildman–Crippen MR) is 100 cm³/mol. The first-order chi connectivity index (χ1) is 12.9. The summed E-state index contributed by atoms with van der Waals surface area (Å²) in [7, 11) is 1.72. The van der Waals surface area contributed by atoms with E-state index in [1.165, 1.54) is 18.2 Å². The zero-order valence-corrected chi connectivity index (χ0v) is 15.3. The number of aromatic nitrogens is 3. The minimum atomic E-state index is -0.302. The number of carbonyl (C=O) groups excluding carboxylic acids is 1. The molecule has 0 saturated heterocycles. The van der Waals surface area contributed by atoms with Crippen LogP contribution in [0.25, 0.3) is 5.69 Å². The van der Waals surface area contributed by atoms with Gasteiger partial charge >= 0.3 is 0 Å². The Labute approximate surface area is 156 Å². The van der Waals surface area contributed by atoms with E-state index in [1.807, 2.05) is 19.2 Å². The average molecular weight is 368 g/mol. The highest BCUT2D eigenvalue weighted by Gasteiger charge is 2.12. The third kappa shape index (κ3) is 4.49. The SMILES string of the molecule is Cc1cccc(=O)n1CCC(=O)N(C)Cc1cnn(-c2ccc(F)cc2)c1. The van der Waals surface area contributed by atoms with E-state index in [9.17, 15) is 14.0 Å². The molecule has 0 fully saturated rings. The first-order valence-electron chi connectivity index (χ1n) is 8.64. The van der Waals surface area contributed by atoms with Crippen molar-refractivity contribution in [2.75, 3.05) is 7.05 Å². The second kappa shape index (κ2) is 7.99. The number of aryl methyl sites for hydroxylation is 1. The van der Waals surface area contributed by atoms with Gasteiger partial charge < -0.3 is 9.47 Å². The molecule has 0 N–H and O–H groups in total. The molecule has 0 atom stereocenters. The highest BCUT2D eigenvalue weighted by atomic mass is 19.1. The first-order valence-corrected chi connectivity index (χ1v) is 8.64. The van der Waals surface area contributed by atoms with E-state index in [0.717, 1.165) is 16.9 Å². The van der Waals surface area contributed by atoms with Gasteiger partial charge in [-0.15, -0.1) is 0 Å². The number of hydrogen-bond acceptors (Lipinski definition) is 3. The molecule has 0 unspecified atom stereocenters. The van der Waals surface area contributed by atoms with Gasteiger partial charge in [0.1, 0.15) is 5.82 Å². The van der Waals surface area contributed by atoms with Crippen LogP contribution in [0.4, 0.5) is 4.39 Å². The van der Waals surface area contributed by atoms with Crippen molar-refractivity contribution in [2.24, 2.45) is 0 Å². The molecular weight excluding hydrogens is 347 g/mol. The number of amides is 1. The van der Waals surface area contributed by atoms with E-state index in [2.05, 4.69) is 5.10 Å². The van der Waals surface area contributed by atoms with E-state index in [1.54, 1.807) is 45.6 Å². The molecule has 0 radical (unpaired) electrons. The van der Waals surface area contributed by atoms with Crippen molar-refractivity contribution in [2.45, 2.75) is 26.4 Å². The van der Waals surface area contributed by atoms with Crippen LogP contribution in [0.3, 0.4) is 0 Å². The van der Waals surface area contributed by atoms with Gasteiger partial charge in [-0.25, -0.2) is 9.07 Å². The summed E-state index contributed by atoms with van der Waals surface area (Å²) in [6.07, 6.45) is 3.73. The van der Waals surface area contributed by atoms with E-state index in [-0.39, 0.29) is 23.7 Å². The summed E-state index contributed by atoms with van der Waals surface area (Å²) in [5.41, 5.74) is 2.34. The lowest BCUT2D eigenvalue weighted by molar-refractivity contribution is -0.130. The highest BCUT2D eigenvalue weighted by Crippen LogP contribution is 2.11. The average Bonchev–Trinajstić information content (AvgIpc) is 3.10. The van der Waals surface area contributed by atoms with E-state index >= 15 is 0 Å². The van der Waals surface area contributed by atoms with Crippen molar-refractivity contribution in [1.82, 2.24) is 19.2 Å². The summed E-state index contributed by atoms with van der Waals surface area (Å²) in [5, 5.41) is 4.26. The van der Waals surface area contributed by atoms with Gasteiger partial charge in [0.15, 0.2) is 0 Å². The fourth-order valence-electron chi connectivity index (χ4n) is 2.85. The van der Waals surface area contributed by atoms with Gasteiger partial charge in [-0.2, -0.15) is 5.10 Å². The molecule has 7 heteroatoms. The largest absolute Gasteiger partial charge is 0.341 e. The second-order valence-corrected chi connectivity index (χ2v) is 6.43. The van der Waals surface area contributed by atoms with Crippen LogP contribution >= 0.6 is 0 Å². The standard InChI is InChI=1S/C20H21FN4O2/c1-15-4-3-5-20(27)24(15)11-10-19(26)23(2)13-16-12-22-25(14-16)18-8-6-17(21)7-9-18/h3-9,12,14H,10-11,13H2,1-2H3. The van der Waals surface area contributed by atoms with Crippen LogP contribution in [-0.2, 0) is 17.9 Å².